The molecule has 0 amide bonds. The molecule has 19 heavy (non-hydrogen) atoms. The lowest BCUT2D eigenvalue weighted by molar-refractivity contribution is 0.320. The minimum atomic E-state index is -0.215. The van der Waals surface area contributed by atoms with Crippen LogP contribution in [0.2, 0.25) is 5.02 Å². The number of halogens is 2. The molecule has 106 valence electrons. The highest BCUT2D eigenvalue weighted by Crippen LogP contribution is 2.27. The molecule has 1 N–H and O–H groups in total. The van der Waals surface area contributed by atoms with Gasteiger partial charge in [-0.2, -0.15) is 0 Å². The lowest BCUT2D eigenvalue weighted by Crippen LogP contribution is -2.43. The summed E-state index contributed by atoms with van der Waals surface area (Å²) in [4.78, 5) is 0. The first-order valence-corrected chi connectivity index (χ1v) is 6.86. The summed E-state index contributed by atoms with van der Waals surface area (Å²) in [6.07, 6.45) is 2.46. The van der Waals surface area contributed by atoms with Crippen LogP contribution in [0.25, 0.3) is 0 Å². The fraction of sp³-hybridized carbons (Fsp3) is 0.500. The third-order valence-electron chi connectivity index (χ3n) is 3.12. The molecule has 0 aliphatic carbocycles. The number of rotatable bonds is 5. The summed E-state index contributed by atoms with van der Waals surface area (Å²) in [5, 5.41) is 4.00. The lowest BCUT2D eigenvalue weighted by Gasteiger charge is -2.31. The summed E-state index contributed by atoms with van der Waals surface area (Å²) in [7, 11) is 0. The number of benzene rings is 1. The average Bonchev–Trinajstić information content (AvgIpc) is 2.31. The zero-order valence-electron chi connectivity index (χ0n) is 12.2. The highest BCUT2D eigenvalue weighted by molar-refractivity contribution is 6.30. The van der Waals surface area contributed by atoms with Gasteiger partial charge in [0, 0.05) is 22.5 Å². The highest BCUT2D eigenvalue weighted by Gasteiger charge is 2.24. The van der Waals surface area contributed by atoms with Crippen LogP contribution in [0.15, 0.2) is 30.9 Å². The molecule has 0 aromatic heterocycles. The molecule has 3 heteroatoms. The number of hydrogen-bond donors (Lipinski definition) is 1. The summed E-state index contributed by atoms with van der Waals surface area (Å²) in [5.41, 5.74) is 0.446. The summed E-state index contributed by atoms with van der Waals surface area (Å²) < 4.78 is 13.8. The maximum atomic E-state index is 13.8. The van der Waals surface area contributed by atoms with Crippen LogP contribution >= 0.6 is 11.6 Å². The Balaban J connectivity index is 2.85. The molecule has 1 aromatic rings. The third-order valence-corrected chi connectivity index (χ3v) is 3.35. The SMILES string of the molecule is C=CC(C)(CNC(C)(C)C)Cc1cc(Cl)ccc1F. The van der Waals surface area contributed by atoms with Crippen LogP contribution in [-0.2, 0) is 6.42 Å². The minimum Gasteiger partial charge on any atom is -0.311 e. The molecule has 1 rings (SSSR count). The Bertz CT molecular complexity index is 451. The Morgan fingerprint density at radius 3 is 2.47 bits per heavy atom. The van der Waals surface area contributed by atoms with Crippen LogP contribution < -0.4 is 5.32 Å². The van der Waals surface area contributed by atoms with Gasteiger partial charge in [-0.3, -0.25) is 0 Å². The summed E-state index contributed by atoms with van der Waals surface area (Å²) in [5.74, 6) is -0.215. The van der Waals surface area contributed by atoms with E-state index in [0.717, 1.165) is 6.54 Å². The molecule has 1 aromatic carbocycles. The fourth-order valence-electron chi connectivity index (χ4n) is 1.79. The van der Waals surface area contributed by atoms with Crippen LogP contribution in [-0.4, -0.2) is 12.1 Å². The second kappa shape index (κ2) is 6.06. The maximum absolute atomic E-state index is 13.8. The Hall–Kier alpha value is -0.860. The molecule has 0 aliphatic rings. The Morgan fingerprint density at radius 2 is 1.95 bits per heavy atom. The lowest BCUT2D eigenvalue weighted by atomic mass is 9.83. The molecule has 1 nitrogen and oxygen atoms in total. The predicted octanol–water partition coefficient (Wildman–Crippen LogP) is 4.60. The summed E-state index contributed by atoms with van der Waals surface area (Å²) in [6, 6.07) is 4.67. The van der Waals surface area contributed by atoms with Crippen LogP contribution in [0.4, 0.5) is 4.39 Å². The van der Waals surface area contributed by atoms with Crippen LogP contribution in [0.3, 0.4) is 0 Å². The van der Waals surface area contributed by atoms with Crippen molar-refractivity contribution in [1.29, 1.82) is 0 Å². The average molecular weight is 284 g/mol. The second-order valence-corrected chi connectivity index (χ2v) is 6.81. The molecule has 1 atom stereocenters. The van der Waals surface area contributed by atoms with Gasteiger partial charge in [0.1, 0.15) is 5.82 Å². The molecule has 0 aliphatic heterocycles. The van der Waals surface area contributed by atoms with Gasteiger partial charge in [-0.15, -0.1) is 6.58 Å². The van der Waals surface area contributed by atoms with Gasteiger partial charge in [-0.1, -0.05) is 24.6 Å². The molecular formula is C16H23ClFN. The monoisotopic (exact) mass is 283 g/mol. The topological polar surface area (TPSA) is 12.0 Å². The normalized spacial score (nSPS) is 15.1. The quantitative estimate of drug-likeness (QED) is 0.779. The van der Waals surface area contributed by atoms with Gasteiger partial charge in [-0.05, 0) is 51.0 Å². The van der Waals surface area contributed by atoms with Crippen molar-refractivity contribution in [3.63, 3.8) is 0 Å². The summed E-state index contributed by atoms with van der Waals surface area (Å²) >= 11 is 5.93. The largest absolute Gasteiger partial charge is 0.311 e. The predicted molar refractivity (Wildman–Crippen MR) is 81.2 cm³/mol. The van der Waals surface area contributed by atoms with Crippen molar-refractivity contribution in [3.05, 3.63) is 47.3 Å². The van der Waals surface area contributed by atoms with E-state index in [4.69, 9.17) is 11.6 Å². The van der Waals surface area contributed by atoms with Gasteiger partial charge < -0.3 is 5.32 Å². The van der Waals surface area contributed by atoms with Gasteiger partial charge in [0.15, 0.2) is 0 Å². The van der Waals surface area contributed by atoms with Crippen molar-refractivity contribution in [2.45, 2.75) is 39.7 Å². The van der Waals surface area contributed by atoms with E-state index >= 15 is 0 Å². The zero-order chi connectivity index (χ0) is 14.7. The van der Waals surface area contributed by atoms with E-state index in [9.17, 15) is 4.39 Å². The van der Waals surface area contributed by atoms with E-state index in [1.54, 1.807) is 12.1 Å². The first-order chi connectivity index (χ1) is 8.65. The minimum absolute atomic E-state index is 0.0249. The molecular weight excluding hydrogens is 261 g/mol. The van der Waals surface area contributed by atoms with Crippen molar-refractivity contribution in [1.82, 2.24) is 5.32 Å². The summed E-state index contributed by atoms with van der Waals surface area (Å²) in [6.45, 7) is 13.0. The highest BCUT2D eigenvalue weighted by atomic mass is 35.5. The molecule has 1 unspecified atom stereocenters. The van der Waals surface area contributed by atoms with Crippen molar-refractivity contribution in [2.75, 3.05) is 6.54 Å². The molecule has 0 saturated carbocycles. The Labute approximate surface area is 120 Å². The van der Waals surface area contributed by atoms with Gasteiger partial charge in [0.25, 0.3) is 0 Å². The van der Waals surface area contributed by atoms with E-state index in [0.29, 0.717) is 17.0 Å². The van der Waals surface area contributed by atoms with E-state index < -0.39 is 0 Å². The van der Waals surface area contributed by atoms with E-state index in [1.807, 2.05) is 6.08 Å². The molecule has 0 saturated heterocycles. The van der Waals surface area contributed by atoms with Crippen molar-refractivity contribution < 1.29 is 4.39 Å². The van der Waals surface area contributed by atoms with Crippen LogP contribution in [0.1, 0.15) is 33.3 Å². The molecule has 0 bridgehead atoms. The second-order valence-electron chi connectivity index (χ2n) is 6.37. The Morgan fingerprint density at radius 1 is 1.32 bits per heavy atom. The number of nitrogens with one attached hydrogen (secondary N) is 1. The zero-order valence-corrected chi connectivity index (χ0v) is 12.9. The first-order valence-electron chi connectivity index (χ1n) is 6.48. The van der Waals surface area contributed by atoms with E-state index in [1.165, 1.54) is 6.07 Å². The Kier molecular flexibility index (Phi) is 5.17. The molecule has 0 fully saturated rings. The van der Waals surface area contributed by atoms with Gasteiger partial charge in [0.05, 0.1) is 0 Å². The maximum Gasteiger partial charge on any atom is 0.126 e. The van der Waals surface area contributed by atoms with Gasteiger partial charge in [0.2, 0.25) is 0 Å². The first kappa shape index (κ1) is 16.2. The molecule has 0 spiro atoms. The third kappa shape index (κ3) is 5.33. The smallest absolute Gasteiger partial charge is 0.126 e. The van der Waals surface area contributed by atoms with Crippen molar-refractivity contribution >= 4 is 11.6 Å². The fourth-order valence-corrected chi connectivity index (χ4v) is 1.98. The van der Waals surface area contributed by atoms with Gasteiger partial charge in [-0.25, -0.2) is 4.39 Å². The van der Waals surface area contributed by atoms with E-state index in [2.05, 4.69) is 39.6 Å². The number of hydrogen-bond acceptors (Lipinski definition) is 1. The van der Waals surface area contributed by atoms with Crippen LogP contribution in [0.5, 0.6) is 0 Å². The van der Waals surface area contributed by atoms with Crippen LogP contribution in [0, 0.1) is 11.2 Å². The standard InChI is InChI=1S/C16H23ClFN/c1-6-16(5,11-19-15(2,3)4)10-12-9-13(17)7-8-14(12)18/h6-9,19H,1,10-11H2,2-5H3. The molecule has 0 heterocycles. The van der Waals surface area contributed by atoms with Gasteiger partial charge >= 0.3 is 0 Å². The molecule has 0 radical (unpaired) electrons. The van der Waals surface area contributed by atoms with Crippen molar-refractivity contribution in [2.24, 2.45) is 5.41 Å². The van der Waals surface area contributed by atoms with Crippen molar-refractivity contribution in [3.8, 4) is 0 Å². The van der Waals surface area contributed by atoms with E-state index in [-0.39, 0.29) is 16.8 Å².